The van der Waals surface area contributed by atoms with E-state index in [1.807, 2.05) is 0 Å². The average Bonchev–Trinajstić information content (AvgIpc) is 2.79. The molecule has 0 amide bonds. The van der Waals surface area contributed by atoms with Gasteiger partial charge in [0.1, 0.15) is 5.82 Å². The lowest BCUT2D eigenvalue weighted by Gasteiger charge is -1.96. The Kier molecular flexibility index (Phi) is 3.57. The highest BCUT2D eigenvalue weighted by molar-refractivity contribution is 6.31. The fraction of sp³-hybridized carbons (Fsp3) is 0.182. The fourth-order valence-corrected chi connectivity index (χ4v) is 1.49. The Labute approximate surface area is 106 Å². The molecule has 2 rings (SSSR count). The van der Waals surface area contributed by atoms with Crippen molar-refractivity contribution >= 4 is 17.6 Å². The van der Waals surface area contributed by atoms with Gasteiger partial charge in [-0.15, -0.1) is 10.2 Å². The van der Waals surface area contributed by atoms with E-state index in [1.165, 1.54) is 18.2 Å². The van der Waals surface area contributed by atoms with Gasteiger partial charge in [0.25, 0.3) is 0 Å². The first-order valence-electron chi connectivity index (χ1n) is 5.06. The smallest absolute Gasteiger partial charge is 0.303 e. The molecule has 0 aliphatic rings. The van der Waals surface area contributed by atoms with Crippen LogP contribution >= 0.6 is 11.6 Å². The number of aryl methyl sites for hydroxylation is 1. The maximum absolute atomic E-state index is 13.0. The van der Waals surface area contributed by atoms with Gasteiger partial charge in [-0.05, 0) is 18.2 Å². The Balaban J connectivity index is 2.18. The molecule has 0 unspecified atom stereocenters. The van der Waals surface area contributed by atoms with E-state index in [4.69, 9.17) is 21.1 Å². The van der Waals surface area contributed by atoms with E-state index < -0.39 is 11.8 Å². The summed E-state index contributed by atoms with van der Waals surface area (Å²) in [4.78, 5) is 10.4. The summed E-state index contributed by atoms with van der Waals surface area (Å²) >= 11 is 5.63. The molecule has 5 nitrogen and oxygen atoms in total. The predicted molar refractivity (Wildman–Crippen MR) is 60.7 cm³/mol. The van der Waals surface area contributed by atoms with Crippen LogP contribution in [0.2, 0.25) is 5.02 Å². The summed E-state index contributed by atoms with van der Waals surface area (Å²) in [5, 5.41) is 15.9. The Hall–Kier alpha value is -1.95. The van der Waals surface area contributed by atoms with Crippen molar-refractivity contribution in [1.29, 1.82) is 0 Å². The molecule has 0 aliphatic carbocycles. The predicted octanol–water partition coefficient (Wildman–Crippen LogP) is 2.55. The van der Waals surface area contributed by atoms with Crippen LogP contribution in [-0.4, -0.2) is 21.3 Å². The van der Waals surface area contributed by atoms with E-state index in [9.17, 15) is 9.18 Å². The van der Waals surface area contributed by atoms with Crippen molar-refractivity contribution in [1.82, 2.24) is 10.2 Å². The van der Waals surface area contributed by atoms with Crippen molar-refractivity contribution in [3.63, 3.8) is 0 Å². The Morgan fingerprint density at radius 1 is 1.44 bits per heavy atom. The Bertz CT molecular complexity index is 585. The van der Waals surface area contributed by atoms with Gasteiger partial charge in [0, 0.05) is 12.0 Å². The number of aromatic nitrogens is 2. The molecule has 1 N–H and O–H groups in total. The highest BCUT2D eigenvalue weighted by Gasteiger charge is 2.11. The molecule has 94 valence electrons. The van der Waals surface area contributed by atoms with Crippen LogP contribution < -0.4 is 0 Å². The zero-order chi connectivity index (χ0) is 13.1. The molecule has 2 aromatic rings. The maximum atomic E-state index is 13.0. The van der Waals surface area contributed by atoms with Gasteiger partial charge in [-0.2, -0.15) is 0 Å². The van der Waals surface area contributed by atoms with E-state index in [0.29, 0.717) is 5.56 Å². The van der Waals surface area contributed by atoms with Crippen LogP contribution in [0.5, 0.6) is 0 Å². The molecule has 1 aromatic carbocycles. The van der Waals surface area contributed by atoms with Gasteiger partial charge in [-0.25, -0.2) is 4.39 Å². The highest BCUT2D eigenvalue weighted by atomic mass is 35.5. The molecule has 0 aliphatic heterocycles. The quantitative estimate of drug-likeness (QED) is 0.924. The summed E-state index contributed by atoms with van der Waals surface area (Å²) in [5.41, 5.74) is 0.482. The second-order valence-electron chi connectivity index (χ2n) is 3.52. The lowest BCUT2D eigenvalue weighted by molar-refractivity contribution is -0.137. The minimum Gasteiger partial charge on any atom is -0.481 e. The molecule has 0 bridgehead atoms. The monoisotopic (exact) mass is 270 g/mol. The van der Waals surface area contributed by atoms with Crippen LogP contribution in [0.4, 0.5) is 4.39 Å². The van der Waals surface area contributed by atoms with Gasteiger partial charge >= 0.3 is 5.97 Å². The zero-order valence-electron chi connectivity index (χ0n) is 9.06. The van der Waals surface area contributed by atoms with Crippen LogP contribution in [0.15, 0.2) is 22.6 Å². The number of halogens is 2. The average molecular weight is 271 g/mol. The third kappa shape index (κ3) is 2.84. The van der Waals surface area contributed by atoms with Crippen LogP contribution in [-0.2, 0) is 11.2 Å². The lowest BCUT2D eigenvalue weighted by Crippen LogP contribution is -1.97. The summed E-state index contributed by atoms with van der Waals surface area (Å²) in [6.07, 6.45) is 0.0586. The number of hydrogen-bond acceptors (Lipinski definition) is 4. The third-order valence-electron chi connectivity index (χ3n) is 2.19. The molecule has 7 heteroatoms. The lowest BCUT2D eigenvalue weighted by atomic mass is 10.2. The first-order valence-corrected chi connectivity index (χ1v) is 5.43. The van der Waals surface area contributed by atoms with Gasteiger partial charge in [0.15, 0.2) is 0 Å². The molecule has 1 heterocycles. The minimum absolute atomic E-state index is 0.0437. The summed E-state index contributed by atoms with van der Waals surface area (Å²) in [7, 11) is 0. The molecule has 0 atom stereocenters. The van der Waals surface area contributed by atoms with E-state index >= 15 is 0 Å². The number of carbonyl (C=O) groups is 1. The number of benzene rings is 1. The fourth-order valence-electron chi connectivity index (χ4n) is 1.31. The summed E-state index contributed by atoms with van der Waals surface area (Å²) in [6, 6.07) is 4.01. The molecule has 0 saturated heterocycles. The first-order chi connectivity index (χ1) is 8.56. The minimum atomic E-state index is -0.945. The zero-order valence-corrected chi connectivity index (χ0v) is 9.82. The van der Waals surface area contributed by atoms with Gasteiger partial charge < -0.3 is 9.52 Å². The Morgan fingerprint density at radius 3 is 2.89 bits per heavy atom. The topological polar surface area (TPSA) is 76.2 Å². The highest BCUT2D eigenvalue weighted by Crippen LogP contribution is 2.24. The molecular formula is C11H8ClFN2O3. The molecule has 0 fully saturated rings. The molecular weight excluding hydrogens is 263 g/mol. The van der Waals surface area contributed by atoms with Crippen molar-refractivity contribution in [2.75, 3.05) is 0 Å². The van der Waals surface area contributed by atoms with E-state index in [0.717, 1.165) is 0 Å². The van der Waals surface area contributed by atoms with Crippen LogP contribution in [0, 0.1) is 5.82 Å². The number of carboxylic acid groups (broad SMARTS) is 1. The second-order valence-corrected chi connectivity index (χ2v) is 3.93. The van der Waals surface area contributed by atoms with Crippen molar-refractivity contribution in [3.8, 4) is 11.5 Å². The van der Waals surface area contributed by atoms with Gasteiger partial charge in [0.2, 0.25) is 11.8 Å². The van der Waals surface area contributed by atoms with Crippen molar-refractivity contribution in [3.05, 3.63) is 34.9 Å². The largest absolute Gasteiger partial charge is 0.481 e. The van der Waals surface area contributed by atoms with Gasteiger partial charge in [0.05, 0.1) is 11.4 Å². The number of aliphatic carboxylic acids is 1. The van der Waals surface area contributed by atoms with Crippen molar-refractivity contribution < 1.29 is 18.7 Å². The van der Waals surface area contributed by atoms with Gasteiger partial charge in [-0.1, -0.05) is 11.6 Å². The summed E-state index contributed by atoms with van der Waals surface area (Å²) in [5.74, 6) is -1.09. The first kappa shape index (κ1) is 12.5. The SMILES string of the molecule is O=C(O)CCc1nnc(-c2ccc(F)c(Cl)c2)o1. The van der Waals surface area contributed by atoms with E-state index in [1.54, 1.807) is 0 Å². The summed E-state index contributed by atoms with van der Waals surface area (Å²) in [6.45, 7) is 0. The maximum Gasteiger partial charge on any atom is 0.303 e. The standard InChI is InChI=1S/C11H8ClFN2O3/c12-7-5-6(1-2-8(7)13)11-15-14-9(18-11)3-4-10(16)17/h1-2,5H,3-4H2,(H,16,17). The molecule has 0 radical (unpaired) electrons. The van der Waals surface area contributed by atoms with Crippen LogP contribution in [0.3, 0.4) is 0 Å². The van der Waals surface area contributed by atoms with Gasteiger partial charge in [-0.3, -0.25) is 4.79 Å². The van der Waals surface area contributed by atoms with Crippen molar-refractivity contribution in [2.45, 2.75) is 12.8 Å². The number of rotatable bonds is 4. The second kappa shape index (κ2) is 5.14. The Morgan fingerprint density at radius 2 is 2.22 bits per heavy atom. The van der Waals surface area contributed by atoms with E-state index in [2.05, 4.69) is 10.2 Å². The molecule has 1 aromatic heterocycles. The summed E-state index contributed by atoms with van der Waals surface area (Å²) < 4.78 is 18.2. The number of carboxylic acids is 1. The number of hydrogen-bond donors (Lipinski definition) is 1. The normalized spacial score (nSPS) is 10.6. The third-order valence-corrected chi connectivity index (χ3v) is 2.48. The molecule has 0 saturated carbocycles. The van der Waals surface area contributed by atoms with Crippen LogP contribution in [0.1, 0.15) is 12.3 Å². The number of nitrogens with zero attached hydrogens (tertiary/aromatic N) is 2. The molecule has 0 spiro atoms. The van der Waals surface area contributed by atoms with E-state index in [-0.39, 0.29) is 29.6 Å². The van der Waals surface area contributed by atoms with Crippen molar-refractivity contribution in [2.24, 2.45) is 0 Å². The molecule has 18 heavy (non-hydrogen) atoms. The van der Waals surface area contributed by atoms with Crippen LogP contribution in [0.25, 0.3) is 11.5 Å².